The standard InChI is InChI=1S/C10H16N4O3/c1-7-5-8(12-11-7)6-14(4)10(16)17-9(15)13(2)3/h5H,6H2,1-4H3,(H,11,12). The van der Waals surface area contributed by atoms with Crippen molar-refractivity contribution < 1.29 is 14.3 Å². The van der Waals surface area contributed by atoms with E-state index in [1.165, 1.54) is 30.9 Å². The highest BCUT2D eigenvalue weighted by Crippen LogP contribution is 2.03. The molecule has 1 aromatic rings. The van der Waals surface area contributed by atoms with Crippen molar-refractivity contribution in [1.82, 2.24) is 20.0 Å². The number of hydrogen-bond acceptors (Lipinski definition) is 4. The number of rotatable bonds is 2. The van der Waals surface area contributed by atoms with Crippen molar-refractivity contribution in [3.63, 3.8) is 0 Å². The largest absolute Gasteiger partial charge is 0.418 e. The van der Waals surface area contributed by atoms with Crippen molar-refractivity contribution in [1.29, 1.82) is 0 Å². The Morgan fingerprint density at radius 2 is 2.00 bits per heavy atom. The first-order valence-corrected chi connectivity index (χ1v) is 5.05. The summed E-state index contributed by atoms with van der Waals surface area (Å²) in [5.74, 6) is 0. The van der Waals surface area contributed by atoms with Crippen LogP contribution in [0, 0.1) is 6.92 Å². The van der Waals surface area contributed by atoms with Gasteiger partial charge in [-0.1, -0.05) is 0 Å². The number of hydrogen-bond donors (Lipinski definition) is 1. The quantitative estimate of drug-likeness (QED) is 0.781. The first-order chi connectivity index (χ1) is 7.90. The molecule has 0 aliphatic rings. The molecule has 17 heavy (non-hydrogen) atoms. The van der Waals surface area contributed by atoms with Crippen LogP contribution >= 0.6 is 0 Å². The molecular formula is C10H16N4O3. The maximum atomic E-state index is 11.5. The Labute approximate surface area is 99.3 Å². The van der Waals surface area contributed by atoms with Crippen molar-refractivity contribution in [2.45, 2.75) is 13.5 Å². The summed E-state index contributed by atoms with van der Waals surface area (Å²) in [7, 11) is 4.55. The van der Waals surface area contributed by atoms with Crippen LogP contribution < -0.4 is 0 Å². The highest BCUT2D eigenvalue weighted by molar-refractivity contribution is 5.83. The molecule has 0 saturated carbocycles. The molecule has 1 rings (SSSR count). The monoisotopic (exact) mass is 240 g/mol. The zero-order valence-electron chi connectivity index (χ0n) is 10.4. The van der Waals surface area contributed by atoms with Gasteiger partial charge in [-0.25, -0.2) is 9.59 Å². The number of nitrogens with one attached hydrogen (secondary N) is 1. The lowest BCUT2D eigenvalue weighted by molar-refractivity contribution is 0.107. The van der Waals surface area contributed by atoms with Crippen molar-refractivity contribution >= 4 is 12.2 Å². The third-order valence-electron chi connectivity index (χ3n) is 2.01. The van der Waals surface area contributed by atoms with E-state index >= 15 is 0 Å². The van der Waals surface area contributed by atoms with Crippen LogP contribution in [-0.4, -0.2) is 53.3 Å². The van der Waals surface area contributed by atoms with Gasteiger partial charge in [0.05, 0.1) is 12.2 Å². The minimum Gasteiger partial charge on any atom is -0.359 e. The van der Waals surface area contributed by atoms with E-state index in [0.29, 0.717) is 5.69 Å². The van der Waals surface area contributed by atoms with Crippen LogP contribution in [0.2, 0.25) is 0 Å². The van der Waals surface area contributed by atoms with Crippen LogP contribution in [0.3, 0.4) is 0 Å². The maximum absolute atomic E-state index is 11.5. The molecule has 0 radical (unpaired) electrons. The van der Waals surface area contributed by atoms with Crippen LogP contribution in [0.1, 0.15) is 11.4 Å². The molecule has 7 heteroatoms. The van der Waals surface area contributed by atoms with Crippen molar-refractivity contribution in [3.05, 3.63) is 17.5 Å². The third-order valence-corrected chi connectivity index (χ3v) is 2.01. The lowest BCUT2D eigenvalue weighted by Crippen LogP contribution is -2.33. The summed E-state index contributed by atoms with van der Waals surface area (Å²) in [6.45, 7) is 2.15. The molecule has 0 aliphatic heterocycles. The van der Waals surface area contributed by atoms with Crippen LogP contribution in [0.25, 0.3) is 0 Å². The van der Waals surface area contributed by atoms with Gasteiger partial charge in [0.15, 0.2) is 0 Å². The highest BCUT2D eigenvalue weighted by Gasteiger charge is 2.17. The van der Waals surface area contributed by atoms with Gasteiger partial charge in [-0.3, -0.25) is 5.10 Å². The van der Waals surface area contributed by atoms with E-state index in [-0.39, 0.29) is 6.54 Å². The molecule has 1 aromatic heterocycles. The number of aromatic nitrogens is 2. The first kappa shape index (κ1) is 13.0. The van der Waals surface area contributed by atoms with E-state index in [1.807, 2.05) is 13.0 Å². The number of carbonyl (C=O) groups is 2. The van der Waals surface area contributed by atoms with Gasteiger partial charge in [-0.2, -0.15) is 5.10 Å². The summed E-state index contributed by atoms with van der Waals surface area (Å²) in [6, 6.07) is 1.82. The fourth-order valence-corrected chi connectivity index (χ4v) is 1.11. The fraction of sp³-hybridized carbons (Fsp3) is 0.500. The normalized spacial score (nSPS) is 9.88. The molecule has 0 aromatic carbocycles. The number of aryl methyl sites for hydroxylation is 1. The predicted octanol–water partition coefficient (Wildman–Crippen LogP) is 0.968. The van der Waals surface area contributed by atoms with Gasteiger partial charge >= 0.3 is 12.2 Å². The number of aromatic amines is 1. The molecule has 0 spiro atoms. The SMILES string of the molecule is Cc1cc(CN(C)C(=O)OC(=O)N(C)C)n[nH]1. The zero-order chi connectivity index (χ0) is 13.0. The molecular weight excluding hydrogens is 224 g/mol. The van der Waals surface area contributed by atoms with E-state index in [4.69, 9.17) is 0 Å². The van der Waals surface area contributed by atoms with Gasteiger partial charge in [-0.05, 0) is 13.0 Å². The number of amides is 2. The van der Waals surface area contributed by atoms with Gasteiger partial charge in [0, 0.05) is 26.8 Å². The molecule has 0 saturated heterocycles. The molecule has 7 nitrogen and oxygen atoms in total. The van der Waals surface area contributed by atoms with Gasteiger partial charge in [0.25, 0.3) is 0 Å². The highest BCUT2D eigenvalue weighted by atomic mass is 16.6. The molecule has 2 amide bonds. The molecule has 1 N–H and O–H groups in total. The Morgan fingerprint density at radius 3 is 2.47 bits per heavy atom. The average molecular weight is 240 g/mol. The van der Waals surface area contributed by atoms with Crippen LogP contribution in [0.15, 0.2) is 6.07 Å². The van der Waals surface area contributed by atoms with E-state index in [9.17, 15) is 9.59 Å². The van der Waals surface area contributed by atoms with Crippen LogP contribution in [0.5, 0.6) is 0 Å². The summed E-state index contributed by atoms with van der Waals surface area (Å²) in [4.78, 5) is 25.1. The predicted molar refractivity (Wildman–Crippen MR) is 60.4 cm³/mol. The van der Waals surface area contributed by atoms with E-state index in [0.717, 1.165) is 5.69 Å². The lowest BCUT2D eigenvalue weighted by Gasteiger charge is -2.16. The molecule has 1 heterocycles. The summed E-state index contributed by atoms with van der Waals surface area (Å²) in [5, 5.41) is 6.75. The molecule has 0 aliphatic carbocycles. The second-order valence-electron chi connectivity index (χ2n) is 3.93. The Morgan fingerprint density at radius 1 is 1.35 bits per heavy atom. The van der Waals surface area contributed by atoms with Crippen LogP contribution in [-0.2, 0) is 11.3 Å². The lowest BCUT2D eigenvalue weighted by atomic mass is 10.3. The smallest absolute Gasteiger partial charge is 0.359 e. The Bertz CT molecular complexity index is 413. The number of H-pyrrole nitrogens is 1. The minimum atomic E-state index is -0.704. The Kier molecular flexibility index (Phi) is 4.08. The van der Waals surface area contributed by atoms with E-state index < -0.39 is 12.2 Å². The van der Waals surface area contributed by atoms with Gasteiger partial charge < -0.3 is 14.5 Å². The van der Waals surface area contributed by atoms with Crippen molar-refractivity contribution in [2.75, 3.05) is 21.1 Å². The van der Waals surface area contributed by atoms with Crippen molar-refractivity contribution in [2.24, 2.45) is 0 Å². The van der Waals surface area contributed by atoms with Gasteiger partial charge in [-0.15, -0.1) is 0 Å². The van der Waals surface area contributed by atoms with E-state index in [2.05, 4.69) is 14.9 Å². The molecule has 0 bridgehead atoms. The number of carbonyl (C=O) groups excluding carboxylic acids is 2. The molecule has 0 fully saturated rings. The van der Waals surface area contributed by atoms with E-state index in [1.54, 1.807) is 0 Å². The molecule has 0 atom stereocenters. The van der Waals surface area contributed by atoms with Crippen LogP contribution in [0.4, 0.5) is 9.59 Å². The second-order valence-corrected chi connectivity index (χ2v) is 3.93. The maximum Gasteiger partial charge on any atom is 0.418 e. The summed E-state index contributed by atoms with van der Waals surface area (Å²) in [5.41, 5.74) is 1.62. The fourth-order valence-electron chi connectivity index (χ4n) is 1.11. The average Bonchev–Trinajstić information content (AvgIpc) is 2.63. The Balaban J connectivity index is 2.50. The van der Waals surface area contributed by atoms with Gasteiger partial charge in [0.2, 0.25) is 0 Å². The zero-order valence-corrected chi connectivity index (χ0v) is 10.4. The summed E-state index contributed by atoms with van der Waals surface area (Å²) in [6.07, 6.45) is -1.40. The Hall–Kier alpha value is -2.05. The second kappa shape index (κ2) is 5.33. The summed E-state index contributed by atoms with van der Waals surface area (Å²) >= 11 is 0. The molecule has 0 unspecified atom stereocenters. The molecule has 94 valence electrons. The van der Waals surface area contributed by atoms with Crippen molar-refractivity contribution in [3.8, 4) is 0 Å². The first-order valence-electron chi connectivity index (χ1n) is 5.05. The number of ether oxygens (including phenoxy) is 1. The number of nitrogens with zero attached hydrogens (tertiary/aromatic N) is 3. The third kappa shape index (κ3) is 3.78. The minimum absolute atomic E-state index is 0.282. The summed E-state index contributed by atoms with van der Waals surface area (Å²) < 4.78 is 4.59. The topological polar surface area (TPSA) is 78.5 Å². The van der Waals surface area contributed by atoms with Gasteiger partial charge in [0.1, 0.15) is 0 Å².